The predicted octanol–water partition coefficient (Wildman–Crippen LogP) is 1.37. The first-order valence-corrected chi connectivity index (χ1v) is 8.03. The number of carbonyl (C=O) groups is 1. The number of unbranched alkanes of at least 4 members (excludes halogenated alkanes) is 4. The summed E-state index contributed by atoms with van der Waals surface area (Å²) in [5, 5.41) is 27.7. The van der Waals surface area contributed by atoms with Crippen LogP contribution >= 0.6 is 0 Å². The first-order chi connectivity index (χ1) is 10.5. The summed E-state index contributed by atoms with van der Waals surface area (Å²) in [5.74, 6) is -0.949. The Labute approximate surface area is 133 Å². The van der Waals surface area contributed by atoms with Gasteiger partial charge in [-0.1, -0.05) is 18.9 Å². The summed E-state index contributed by atoms with van der Waals surface area (Å²) >= 11 is 0. The summed E-state index contributed by atoms with van der Waals surface area (Å²) in [6.07, 6.45) is 7.21. The number of aliphatic hydroxyl groups excluding tert-OH is 2. The van der Waals surface area contributed by atoms with E-state index in [1.807, 2.05) is 6.08 Å². The molecule has 3 N–H and O–H groups in total. The maximum atomic E-state index is 11.3. The minimum absolute atomic E-state index is 0.0405. The number of rotatable bonds is 15. The van der Waals surface area contributed by atoms with Crippen LogP contribution in [0.15, 0.2) is 12.7 Å². The number of allylic oxidation sites excluding steroid dienone is 1. The number of carboxylic acids is 1. The van der Waals surface area contributed by atoms with E-state index in [1.54, 1.807) is 6.92 Å². The first-order valence-electron chi connectivity index (χ1n) is 8.03. The van der Waals surface area contributed by atoms with E-state index >= 15 is 0 Å². The van der Waals surface area contributed by atoms with E-state index < -0.39 is 12.0 Å². The van der Waals surface area contributed by atoms with Crippen LogP contribution in [0, 0.1) is 0 Å². The van der Waals surface area contributed by atoms with Crippen molar-refractivity contribution in [2.24, 2.45) is 0 Å². The Balaban J connectivity index is 4.28. The third kappa shape index (κ3) is 7.89. The van der Waals surface area contributed by atoms with E-state index in [-0.39, 0.29) is 37.5 Å². The Bertz CT molecular complexity index is 303. The quantitative estimate of drug-likeness (QED) is 0.184. The van der Waals surface area contributed by atoms with Gasteiger partial charge in [-0.2, -0.15) is 0 Å². The van der Waals surface area contributed by atoms with Crippen molar-refractivity contribution < 1.29 is 29.3 Å². The molecule has 6 heteroatoms. The Kier molecular flexibility index (Phi) is 12.0. The molecule has 0 radical (unpaired) electrons. The van der Waals surface area contributed by atoms with Crippen LogP contribution in [0.25, 0.3) is 0 Å². The van der Waals surface area contributed by atoms with Crippen molar-refractivity contribution in [3.63, 3.8) is 0 Å². The Morgan fingerprint density at radius 3 is 2.27 bits per heavy atom. The van der Waals surface area contributed by atoms with Crippen LogP contribution in [0.4, 0.5) is 0 Å². The molecule has 0 heterocycles. The number of hydrogen-bond acceptors (Lipinski definition) is 4. The molecule has 130 valence electrons. The fourth-order valence-electron chi connectivity index (χ4n) is 2.47. The molecule has 22 heavy (non-hydrogen) atoms. The van der Waals surface area contributed by atoms with Crippen LogP contribution in [-0.4, -0.2) is 71.5 Å². The number of ether oxygens (including phenoxy) is 1. The maximum absolute atomic E-state index is 11.3. The molecule has 0 saturated heterocycles. The van der Waals surface area contributed by atoms with Gasteiger partial charge in [-0.3, -0.25) is 4.48 Å². The van der Waals surface area contributed by atoms with E-state index in [0.29, 0.717) is 6.61 Å². The minimum Gasteiger partial charge on any atom is -0.477 e. The summed E-state index contributed by atoms with van der Waals surface area (Å²) in [6, 6.07) is -0.730. The number of quaternary nitrogens is 1. The van der Waals surface area contributed by atoms with Crippen molar-refractivity contribution in [3.8, 4) is 0 Å². The van der Waals surface area contributed by atoms with Crippen LogP contribution in [-0.2, 0) is 9.53 Å². The number of aliphatic carboxylic acids is 1. The Morgan fingerprint density at radius 1 is 1.18 bits per heavy atom. The van der Waals surface area contributed by atoms with Crippen molar-refractivity contribution in [2.45, 2.75) is 45.1 Å². The molecule has 0 bridgehead atoms. The van der Waals surface area contributed by atoms with Gasteiger partial charge >= 0.3 is 5.97 Å². The maximum Gasteiger partial charge on any atom is 0.362 e. The topological polar surface area (TPSA) is 87.0 Å². The Hall–Kier alpha value is -0.950. The van der Waals surface area contributed by atoms with E-state index in [2.05, 4.69) is 6.58 Å². The lowest BCUT2D eigenvalue weighted by molar-refractivity contribution is -0.959. The molecule has 0 fully saturated rings. The molecule has 0 aromatic carbocycles. The molecule has 0 aliphatic heterocycles. The smallest absolute Gasteiger partial charge is 0.362 e. The molecule has 0 aromatic heterocycles. The first kappa shape index (κ1) is 21.0. The lowest BCUT2D eigenvalue weighted by Crippen LogP contribution is -2.61. The van der Waals surface area contributed by atoms with E-state index in [9.17, 15) is 20.1 Å². The molecule has 0 saturated carbocycles. The van der Waals surface area contributed by atoms with Gasteiger partial charge < -0.3 is 20.1 Å². The fraction of sp³-hybridized carbons (Fsp3) is 0.812. The molecule has 0 aromatic rings. The molecular formula is C16H32NO5+. The zero-order valence-electron chi connectivity index (χ0n) is 13.7. The van der Waals surface area contributed by atoms with E-state index in [0.717, 1.165) is 32.1 Å². The molecular weight excluding hydrogens is 286 g/mol. The number of hydrogen-bond donors (Lipinski definition) is 3. The van der Waals surface area contributed by atoms with Gasteiger partial charge in [-0.05, 0) is 26.2 Å². The molecule has 0 rings (SSSR count). The second kappa shape index (κ2) is 12.6. The largest absolute Gasteiger partial charge is 0.477 e. The summed E-state index contributed by atoms with van der Waals surface area (Å²) < 4.78 is 5.69. The van der Waals surface area contributed by atoms with Gasteiger partial charge in [0.1, 0.15) is 13.1 Å². The molecule has 1 unspecified atom stereocenters. The highest BCUT2D eigenvalue weighted by molar-refractivity contribution is 5.71. The third-order valence-electron chi connectivity index (χ3n) is 4.06. The monoisotopic (exact) mass is 318 g/mol. The van der Waals surface area contributed by atoms with Crippen molar-refractivity contribution in [1.82, 2.24) is 0 Å². The third-order valence-corrected chi connectivity index (χ3v) is 4.06. The van der Waals surface area contributed by atoms with Gasteiger partial charge in [0, 0.05) is 0 Å². The highest BCUT2D eigenvalue weighted by atomic mass is 16.5. The molecule has 0 aliphatic rings. The van der Waals surface area contributed by atoms with Crippen molar-refractivity contribution in [2.75, 3.05) is 39.6 Å². The number of carboxylic acid groups (broad SMARTS) is 1. The number of aliphatic hydroxyl groups is 2. The zero-order valence-corrected chi connectivity index (χ0v) is 13.7. The zero-order chi connectivity index (χ0) is 16.8. The SMILES string of the molecule is C=CCCCCCCOC[N+](CCO)(CCO)C(C)C(=O)O. The highest BCUT2D eigenvalue weighted by Gasteiger charge is 2.38. The summed E-state index contributed by atoms with van der Waals surface area (Å²) in [6.45, 7) is 6.28. The fourth-order valence-corrected chi connectivity index (χ4v) is 2.47. The normalized spacial score (nSPS) is 13.0. The minimum atomic E-state index is -0.949. The summed E-state index contributed by atoms with van der Waals surface area (Å²) in [7, 11) is 0. The average molecular weight is 318 g/mol. The van der Waals surface area contributed by atoms with Crippen molar-refractivity contribution in [1.29, 1.82) is 0 Å². The highest BCUT2D eigenvalue weighted by Crippen LogP contribution is 2.15. The molecule has 0 spiro atoms. The van der Waals surface area contributed by atoms with Gasteiger partial charge in [0.15, 0.2) is 12.8 Å². The van der Waals surface area contributed by atoms with Gasteiger partial charge in [-0.25, -0.2) is 4.79 Å². The van der Waals surface area contributed by atoms with E-state index in [1.165, 1.54) is 0 Å². The number of nitrogens with zero attached hydrogens (tertiary/aromatic N) is 1. The average Bonchev–Trinajstić information content (AvgIpc) is 2.49. The van der Waals surface area contributed by atoms with Gasteiger partial charge in [0.05, 0.1) is 19.8 Å². The van der Waals surface area contributed by atoms with Gasteiger partial charge in [0.2, 0.25) is 0 Å². The van der Waals surface area contributed by atoms with Crippen molar-refractivity contribution >= 4 is 5.97 Å². The second-order valence-electron chi connectivity index (χ2n) is 5.66. The van der Waals surface area contributed by atoms with E-state index in [4.69, 9.17) is 4.74 Å². The Morgan fingerprint density at radius 2 is 1.77 bits per heavy atom. The van der Waals surface area contributed by atoms with Crippen LogP contribution in [0.2, 0.25) is 0 Å². The lowest BCUT2D eigenvalue weighted by atomic mass is 10.1. The van der Waals surface area contributed by atoms with Crippen LogP contribution in [0.1, 0.15) is 39.0 Å². The van der Waals surface area contributed by atoms with Crippen molar-refractivity contribution in [3.05, 3.63) is 12.7 Å². The summed E-state index contributed by atoms with van der Waals surface area (Å²) in [4.78, 5) is 11.3. The molecule has 0 aliphatic carbocycles. The van der Waals surface area contributed by atoms with Crippen LogP contribution in [0.3, 0.4) is 0 Å². The summed E-state index contributed by atoms with van der Waals surface area (Å²) in [5.41, 5.74) is 0. The second-order valence-corrected chi connectivity index (χ2v) is 5.66. The molecule has 1 atom stereocenters. The van der Waals surface area contributed by atoms with Crippen LogP contribution in [0.5, 0.6) is 0 Å². The predicted molar refractivity (Wildman–Crippen MR) is 85.4 cm³/mol. The lowest BCUT2D eigenvalue weighted by Gasteiger charge is -2.40. The van der Waals surface area contributed by atoms with Crippen LogP contribution < -0.4 is 0 Å². The van der Waals surface area contributed by atoms with Gasteiger partial charge in [0.25, 0.3) is 0 Å². The molecule has 6 nitrogen and oxygen atoms in total. The molecule has 0 amide bonds. The standard InChI is InChI=1S/C16H31NO5/c1-3-4-5-6-7-8-13-22-14-17(9-11-18,10-12-19)15(2)16(20)21/h3,15,18-19H,1,4-14H2,2H3/p+1. The van der Waals surface area contributed by atoms with Gasteiger partial charge in [-0.15, -0.1) is 6.58 Å².